The molecule has 2 aliphatic rings. The van der Waals surface area contributed by atoms with E-state index in [4.69, 9.17) is 4.74 Å². The summed E-state index contributed by atoms with van der Waals surface area (Å²) in [4.78, 5) is 11.8. The quantitative estimate of drug-likeness (QED) is 0.889. The summed E-state index contributed by atoms with van der Waals surface area (Å²) in [5.74, 6) is 1.63. The molecule has 1 heterocycles. The zero-order valence-electron chi connectivity index (χ0n) is 14.1. The van der Waals surface area contributed by atoms with Gasteiger partial charge in [0.1, 0.15) is 5.75 Å². The van der Waals surface area contributed by atoms with Gasteiger partial charge in [-0.2, -0.15) is 0 Å². The average Bonchev–Trinajstić information content (AvgIpc) is 3.10. The van der Waals surface area contributed by atoms with Gasteiger partial charge in [0.25, 0.3) is 0 Å². The van der Waals surface area contributed by atoms with Gasteiger partial charge in [0.15, 0.2) is 0 Å². The predicted molar refractivity (Wildman–Crippen MR) is 95.0 cm³/mol. The maximum atomic E-state index is 11.8. The minimum atomic E-state index is -0.0145. The van der Waals surface area contributed by atoms with Crippen LogP contribution in [0.2, 0.25) is 0 Å². The second-order valence-corrected chi connectivity index (χ2v) is 7.07. The van der Waals surface area contributed by atoms with Crippen LogP contribution in [0.5, 0.6) is 5.75 Å². The number of amides is 1. The van der Waals surface area contributed by atoms with Crippen molar-refractivity contribution in [2.24, 2.45) is 5.92 Å². The molecule has 1 aliphatic carbocycles. The van der Waals surface area contributed by atoms with Gasteiger partial charge in [-0.25, -0.2) is 0 Å². The summed E-state index contributed by atoms with van der Waals surface area (Å²) in [6.07, 6.45) is 4.19. The minimum absolute atomic E-state index is 0.0145. The van der Waals surface area contributed by atoms with Crippen LogP contribution in [0.3, 0.4) is 0 Å². The summed E-state index contributed by atoms with van der Waals surface area (Å²) in [6, 6.07) is 12.5. The molecule has 126 valence electrons. The molecule has 2 aromatic carbocycles. The number of methoxy groups -OCH3 is 1. The normalized spacial score (nSPS) is 25.7. The number of nitrogens with one attached hydrogen (secondary N) is 2. The third-order valence-electron chi connectivity index (χ3n) is 5.73. The maximum absolute atomic E-state index is 11.8. The second-order valence-electron chi connectivity index (χ2n) is 7.07. The van der Waals surface area contributed by atoms with Gasteiger partial charge in [0.2, 0.25) is 5.91 Å². The molecular weight excluding hydrogens is 300 g/mol. The van der Waals surface area contributed by atoms with Crippen LogP contribution in [0.15, 0.2) is 36.4 Å². The number of ether oxygens (including phenoxy) is 1. The van der Waals surface area contributed by atoms with Gasteiger partial charge in [-0.1, -0.05) is 36.8 Å². The Morgan fingerprint density at radius 2 is 2.08 bits per heavy atom. The Kier molecular flexibility index (Phi) is 3.93. The highest BCUT2D eigenvalue weighted by Gasteiger charge is 2.48. The maximum Gasteiger partial charge on any atom is 0.220 e. The number of carbonyl (C=O) groups is 1. The van der Waals surface area contributed by atoms with E-state index in [-0.39, 0.29) is 11.4 Å². The van der Waals surface area contributed by atoms with Gasteiger partial charge in [-0.15, -0.1) is 0 Å². The van der Waals surface area contributed by atoms with Crippen molar-refractivity contribution >= 4 is 16.7 Å². The summed E-state index contributed by atoms with van der Waals surface area (Å²) < 4.78 is 5.47. The molecule has 2 aromatic rings. The monoisotopic (exact) mass is 324 g/mol. The number of carbonyl (C=O) groups excluding carboxylic acids is 1. The Balaban J connectivity index is 1.51. The van der Waals surface area contributed by atoms with Crippen molar-refractivity contribution in [2.75, 3.05) is 13.7 Å². The second kappa shape index (κ2) is 6.10. The average molecular weight is 324 g/mol. The van der Waals surface area contributed by atoms with Crippen molar-refractivity contribution in [1.82, 2.24) is 10.6 Å². The van der Waals surface area contributed by atoms with Crippen molar-refractivity contribution in [3.05, 3.63) is 42.0 Å². The first-order valence-corrected chi connectivity index (χ1v) is 8.78. The zero-order valence-corrected chi connectivity index (χ0v) is 14.1. The number of benzene rings is 2. The molecule has 1 saturated carbocycles. The van der Waals surface area contributed by atoms with Crippen LogP contribution in [0.4, 0.5) is 0 Å². The summed E-state index contributed by atoms with van der Waals surface area (Å²) >= 11 is 0. The fraction of sp³-hybridized carbons (Fsp3) is 0.450. The Morgan fingerprint density at radius 3 is 2.92 bits per heavy atom. The lowest BCUT2D eigenvalue weighted by molar-refractivity contribution is -0.120. The number of fused-ring (bicyclic) bond motifs is 2. The van der Waals surface area contributed by atoms with Crippen LogP contribution in [0.25, 0.3) is 10.8 Å². The molecule has 1 aliphatic heterocycles. The number of hydrogen-bond acceptors (Lipinski definition) is 3. The predicted octanol–water partition coefficient (Wildman–Crippen LogP) is 3.00. The molecule has 2 atom stereocenters. The lowest BCUT2D eigenvalue weighted by Gasteiger charge is -2.29. The fourth-order valence-electron chi connectivity index (χ4n) is 4.52. The van der Waals surface area contributed by atoms with Crippen LogP contribution in [0, 0.1) is 5.92 Å². The highest BCUT2D eigenvalue weighted by molar-refractivity contribution is 5.91. The van der Waals surface area contributed by atoms with Crippen molar-refractivity contribution in [2.45, 2.75) is 37.8 Å². The summed E-state index contributed by atoms with van der Waals surface area (Å²) in [5.41, 5.74) is 1.25. The smallest absolute Gasteiger partial charge is 0.220 e. The van der Waals surface area contributed by atoms with Crippen molar-refractivity contribution < 1.29 is 9.53 Å². The molecule has 0 bridgehead atoms. The van der Waals surface area contributed by atoms with Gasteiger partial charge in [0.05, 0.1) is 12.6 Å². The number of rotatable bonds is 5. The Labute approximate surface area is 142 Å². The molecule has 0 radical (unpaired) electrons. The first kappa shape index (κ1) is 15.5. The van der Waals surface area contributed by atoms with Crippen molar-refractivity contribution in [1.29, 1.82) is 0 Å². The molecule has 24 heavy (non-hydrogen) atoms. The van der Waals surface area contributed by atoms with E-state index < -0.39 is 0 Å². The van der Waals surface area contributed by atoms with Crippen LogP contribution < -0.4 is 15.4 Å². The highest BCUT2D eigenvalue weighted by Crippen LogP contribution is 2.41. The fourth-order valence-corrected chi connectivity index (χ4v) is 4.52. The molecule has 2 unspecified atom stereocenters. The van der Waals surface area contributed by atoms with Crippen molar-refractivity contribution in [3.63, 3.8) is 0 Å². The molecular formula is C20H24N2O2. The van der Waals surface area contributed by atoms with E-state index in [9.17, 15) is 4.79 Å². The van der Waals surface area contributed by atoms with Crippen LogP contribution in [-0.2, 0) is 11.3 Å². The largest absolute Gasteiger partial charge is 0.496 e. The molecule has 2 N–H and O–H groups in total. The first-order valence-electron chi connectivity index (χ1n) is 8.78. The van der Waals surface area contributed by atoms with Crippen LogP contribution >= 0.6 is 0 Å². The molecule has 1 amide bonds. The SMILES string of the molecule is COc1ccc(CNCC23CCCC2CC(=O)N3)c2ccccc12. The lowest BCUT2D eigenvalue weighted by Crippen LogP contribution is -2.50. The lowest BCUT2D eigenvalue weighted by atomic mass is 9.89. The van der Waals surface area contributed by atoms with Gasteiger partial charge in [-0.05, 0) is 35.8 Å². The van der Waals surface area contributed by atoms with E-state index in [0.29, 0.717) is 12.3 Å². The molecule has 4 rings (SSSR count). The van der Waals surface area contributed by atoms with Crippen molar-refractivity contribution in [3.8, 4) is 5.75 Å². The zero-order chi connectivity index (χ0) is 16.6. The van der Waals surface area contributed by atoms with E-state index >= 15 is 0 Å². The summed E-state index contributed by atoms with van der Waals surface area (Å²) in [6.45, 7) is 1.65. The van der Waals surface area contributed by atoms with Gasteiger partial charge in [0, 0.05) is 24.9 Å². The summed E-state index contributed by atoms with van der Waals surface area (Å²) in [5, 5.41) is 9.22. The third-order valence-corrected chi connectivity index (χ3v) is 5.73. The molecule has 2 fully saturated rings. The first-order chi connectivity index (χ1) is 11.7. The molecule has 0 aromatic heterocycles. The Hall–Kier alpha value is -2.07. The molecule has 1 saturated heterocycles. The molecule has 0 spiro atoms. The van der Waals surface area contributed by atoms with E-state index in [0.717, 1.165) is 30.6 Å². The van der Waals surface area contributed by atoms with E-state index in [1.807, 2.05) is 12.1 Å². The molecule has 4 heteroatoms. The van der Waals surface area contributed by atoms with Gasteiger partial charge >= 0.3 is 0 Å². The minimum Gasteiger partial charge on any atom is -0.496 e. The van der Waals surface area contributed by atoms with Gasteiger partial charge < -0.3 is 15.4 Å². The standard InChI is InChI=1S/C20H24N2O2/c1-24-18-9-8-14(16-6-2-3-7-17(16)18)12-21-13-20-10-4-5-15(20)11-19(23)22-20/h2-3,6-9,15,21H,4-5,10-13H2,1H3,(H,22,23). The molecule has 4 nitrogen and oxygen atoms in total. The Bertz CT molecular complexity index is 773. The van der Waals surface area contributed by atoms with Crippen LogP contribution in [-0.4, -0.2) is 25.1 Å². The Morgan fingerprint density at radius 1 is 1.25 bits per heavy atom. The topological polar surface area (TPSA) is 50.4 Å². The van der Waals surface area contributed by atoms with E-state index in [1.54, 1.807) is 7.11 Å². The summed E-state index contributed by atoms with van der Waals surface area (Å²) in [7, 11) is 1.71. The van der Waals surface area contributed by atoms with E-state index in [2.05, 4.69) is 34.9 Å². The van der Waals surface area contributed by atoms with E-state index in [1.165, 1.54) is 23.8 Å². The highest BCUT2D eigenvalue weighted by atomic mass is 16.5. The van der Waals surface area contributed by atoms with Crippen LogP contribution in [0.1, 0.15) is 31.2 Å². The van der Waals surface area contributed by atoms with Gasteiger partial charge in [-0.3, -0.25) is 4.79 Å². The number of hydrogen-bond donors (Lipinski definition) is 2. The third kappa shape index (κ3) is 2.55.